The quantitative estimate of drug-likeness (QED) is 0.271. The van der Waals surface area contributed by atoms with Gasteiger partial charge in [-0.15, -0.1) is 0 Å². The Morgan fingerprint density at radius 1 is 0.950 bits per heavy atom. The summed E-state index contributed by atoms with van der Waals surface area (Å²) < 4.78 is 5.23. The van der Waals surface area contributed by atoms with E-state index in [0.29, 0.717) is 17.1 Å². The van der Waals surface area contributed by atoms with Crippen LogP contribution in [0.15, 0.2) is 90.0 Å². The number of methoxy groups -OCH3 is 1. The van der Waals surface area contributed by atoms with E-state index in [1.165, 1.54) is 18.1 Å². The number of ether oxygens (including phenoxy) is 1. The summed E-state index contributed by atoms with van der Waals surface area (Å²) in [7, 11) is 1.58. The molecule has 0 aromatic heterocycles. The number of amides is 2. The van der Waals surface area contributed by atoms with Crippen molar-refractivity contribution in [1.29, 1.82) is 0 Å². The van der Waals surface area contributed by atoms with Crippen LogP contribution in [0, 0.1) is 0 Å². The highest BCUT2D eigenvalue weighted by Crippen LogP contribution is 2.38. The first-order valence-electron chi connectivity index (χ1n) is 13.4. The monoisotopic (exact) mass is 535 g/mol. The van der Waals surface area contributed by atoms with Crippen molar-refractivity contribution in [3.05, 3.63) is 84.9 Å². The van der Waals surface area contributed by atoms with Gasteiger partial charge in [0.1, 0.15) is 5.75 Å². The molecule has 0 aliphatic carbocycles. The first kappa shape index (κ1) is 26.7. The molecule has 8 heteroatoms. The van der Waals surface area contributed by atoms with Gasteiger partial charge in [0.15, 0.2) is 0 Å². The molecule has 4 aromatic rings. The molecule has 0 saturated heterocycles. The molecule has 2 N–H and O–H groups in total. The van der Waals surface area contributed by atoms with Gasteiger partial charge >= 0.3 is 0 Å². The molecule has 1 heterocycles. The Bertz CT molecular complexity index is 1570. The Hall–Kier alpha value is -4.85. The molecule has 40 heavy (non-hydrogen) atoms. The molecule has 5 rings (SSSR count). The van der Waals surface area contributed by atoms with Gasteiger partial charge in [-0.2, -0.15) is 10.1 Å². The molecule has 4 aromatic carbocycles. The largest absolute Gasteiger partial charge is 0.497 e. The lowest BCUT2D eigenvalue weighted by atomic mass is 9.95. The molecule has 1 unspecified atom stereocenters. The van der Waals surface area contributed by atoms with Crippen molar-refractivity contribution in [3.63, 3.8) is 0 Å². The predicted molar refractivity (Wildman–Crippen MR) is 162 cm³/mol. The number of anilines is 3. The molecular formula is C32H33N5O3. The number of hydrazone groups is 1. The summed E-state index contributed by atoms with van der Waals surface area (Å²) in [6.07, 6.45) is 1.44. The van der Waals surface area contributed by atoms with E-state index < -0.39 is 11.6 Å². The second-order valence-electron chi connectivity index (χ2n) is 9.60. The summed E-state index contributed by atoms with van der Waals surface area (Å²) in [6.45, 7) is 7.34. The Balaban J connectivity index is 1.58. The van der Waals surface area contributed by atoms with E-state index in [1.807, 2.05) is 24.3 Å². The average Bonchev–Trinajstić information content (AvgIpc) is 3.28. The maximum Gasteiger partial charge on any atom is 0.299 e. The normalized spacial score (nSPS) is 16.3. The number of benzene rings is 4. The van der Waals surface area contributed by atoms with Crippen LogP contribution >= 0.6 is 0 Å². The molecule has 0 spiro atoms. The number of carbonyl (C=O) groups is 2. The smallest absolute Gasteiger partial charge is 0.299 e. The van der Waals surface area contributed by atoms with Crippen LogP contribution in [0.3, 0.4) is 0 Å². The maximum atomic E-state index is 13.8. The van der Waals surface area contributed by atoms with Gasteiger partial charge in [-0.25, -0.2) is 0 Å². The van der Waals surface area contributed by atoms with Crippen LogP contribution in [-0.2, 0) is 9.59 Å². The number of rotatable bonds is 9. The predicted octanol–water partition coefficient (Wildman–Crippen LogP) is 5.64. The summed E-state index contributed by atoms with van der Waals surface area (Å²) in [5.41, 5.74) is 2.87. The van der Waals surface area contributed by atoms with E-state index in [2.05, 4.69) is 70.9 Å². The van der Waals surface area contributed by atoms with Gasteiger partial charge in [0.05, 0.1) is 19.0 Å². The second kappa shape index (κ2) is 11.1. The summed E-state index contributed by atoms with van der Waals surface area (Å²) in [5, 5.41) is 14.0. The molecule has 1 atom stereocenters. The van der Waals surface area contributed by atoms with Gasteiger partial charge in [0.25, 0.3) is 5.91 Å². The van der Waals surface area contributed by atoms with Crippen LogP contribution in [0.5, 0.6) is 5.75 Å². The number of fused-ring (bicyclic) bond motifs is 1. The highest BCUT2D eigenvalue weighted by molar-refractivity contribution is 6.18. The van der Waals surface area contributed by atoms with E-state index in [0.717, 1.165) is 40.7 Å². The van der Waals surface area contributed by atoms with Crippen molar-refractivity contribution >= 4 is 45.9 Å². The minimum Gasteiger partial charge on any atom is -0.497 e. The van der Waals surface area contributed by atoms with Crippen molar-refractivity contribution < 1.29 is 14.3 Å². The van der Waals surface area contributed by atoms with E-state index in [-0.39, 0.29) is 5.91 Å². The fraction of sp³-hybridized carbons (Fsp3) is 0.219. The topological polar surface area (TPSA) is 86.3 Å². The van der Waals surface area contributed by atoms with Gasteiger partial charge in [-0.05, 0) is 72.6 Å². The van der Waals surface area contributed by atoms with Crippen molar-refractivity contribution in [3.8, 4) is 16.9 Å². The molecule has 1 aliphatic rings. The van der Waals surface area contributed by atoms with Gasteiger partial charge < -0.3 is 20.3 Å². The number of nitrogens with one attached hydrogen (secondary N) is 2. The second-order valence-corrected chi connectivity index (χ2v) is 9.60. The van der Waals surface area contributed by atoms with E-state index in [1.54, 1.807) is 31.4 Å². The molecule has 0 saturated carbocycles. The zero-order valence-corrected chi connectivity index (χ0v) is 23.1. The van der Waals surface area contributed by atoms with Crippen molar-refractivity contribution in [2.75, 3.05) is 35.4 Å². The van der Waals surface area contributed by atoms with E-state index in [9.17, 15) is 9.59 Å². The molecule has 1 aliphatic heterocycles. The summed E-state index contributed by atoms with van der Waals surface area (Å²) in [6, 6.07) is 27.6. The van der Waals surface area contributed by atoms with Crippen molar-refractivity contribution in [1.82, 2.24) is 5.32 Å². The highest BCUT2D eigenvalue weighted by Gasteiger charge is 2.46. The molecule has 2 amide bonds. The van der Waals surface area contributed by atoms with Gasteiger partial charge in [0, 0.05) is 37.0 Å². The first-order valence-corrected chi connectivity index (χ1v) is 13.4. The molecule has 0 bridgehead atoms. The zero-order chi connectivity index (χ0) is 28.3. The van der Waals surface area contributed by atoms with E-state index in [4.69, 9.17) is 4.74 Å². The van der Waals surface area contributed by atoms with Crippen LogP contribution in [0.4, 0.5) is 17.1 Å². The fourth-order valence-electron chi connectivity index (χ4n) is 5.16. The zero-order valence-electron chi connectivity index (χ0n) is 23.1. The molecular weight excluding hydrogens is 502 g/mol. The number of hydrogen-bond acceptors (Lipinski definition) is 6. The molecule has 0 radical (unpaired) electrons. The SMILES string of the molecule is CCN(CC)c1ccc(NC2(NC(C)=O)C=NN(c3ccc(OC)cc3)C2=O)cc1-c1cccc2ccccc12. The minimum atomic E-state index is -1.56. The highest BCUT2D eigenvalue weighted by atomic mass is 16.5. The third kappa shape index (κ3) is 4.96. The average molecular weight is 536 g/mol. The van der Waals surface area contributed by atoms with Crippen molar-refractivity contribution in [2.24, 2.45) is 5.10 Å². The van der Waals surface area contributed by atoms with Crippen LogP contribution < -0.4 is 25.3 Å². The Labute approximate surface area is 234 Å². The van der Waals surface area contributed by atoms with Gasteiger partial charge in [-0.1, -0.05) is 42.5 Å². The first-order chi connectivity index (χ1) is 19.4. The van der Waals surface area contributed by atoms with Crippen molar-refractivity contribution in [2.45, 2.75) is 26.4 Å². The lowest BCUT2D eigenvalue weighted by Crippen LogP contribution is -2.61. The van der Waals surface area contributed by atoms with Gasteiger partial charge in [-0.3, -0.25) is 9.59 Å². The number of hydrogen-bond donors (Lipinski definition) is 2. The van der Waals surface area contributed by atoms with Crippen LogP contribution in [0.25, 0.3) is 21.9 Å². The Morgan fingerprint density at radius 3 is 2.38 bits per heavy atom. The lowest BCUT2D eigenvalue weighted by Gasteiger charge is -2.30. The van der Waals surface area contributed by atoms with Crippen LogP contribution in [0.2, 0.25) is 0 Å². The summed E-state index contributed by atoms with van der Waals surface area (Å²) in [4.78, 5) is 28.4. The standard InChI is InChI=1S/C32H33N5O3/c1-5-36(6-2)30-19-14-24(20-29(30)28-13-9-11-23-10-7-8-12-27(23)28)35-32(34-22(3)38)21-33-37(31(32)39)25-15-17-26(40-4)18-16-25/h7-21,35H,5-6H2,1-4H3,(H,34,38). The third-order valence-electron chi connectivity index (χ3n) is 7.11. The van der Waals surface area contributed by atoms with E-state index >= 15 is 0 Å². The Morgan fingerprint density at radius 2 is 1.68 bits per heavy atom. The summed E-state index contributed by atoms with van der Waals surface area (Å²) in [5.74, 6) is -0.120. The third-order valence-corrected chi connectivity index (χ3v) is 7.11. The van der Waals surface area contributed by atoms with Gasteiger partial charge in [0.2, 0.25) is 11.6 Å². The molecule has 204 valence electrons. The molecule has 8 nitrogen and oxygen atoms in total. The lowest BCUT2D eigenvalue weighted by molar-refractivity contribution is -0.126. The Kier molecular flexibility index (Phi) is 7.42. The fourth-order valence-corrected chi connectivity index (χ4v) is 5.16. The minimum absolute atomic E-state index is 0.363. The molecule has 0 fully saturated rings. The van der Waals surface area contributed by atoms with Crippen LogP contribution in [-0.4, -0.2) is 43.9 Å². The number of carbonyl (C=O) groups excluding carboxylic acids is 2. The number of nitrogens with zero attached hydrogens (tertiary/aromatic N) is 3. The maximum absolute atomic E-state index is 13.8. The summed E-state index contributed by atoms with van der Waals surface area (Å²) >= 11 is 0. The van der Waals surface area contributed by atoms with Crippen LogP contribution in [0.1, 0.15) is 20.8 Å².